The van der Waals surface area contributed by atoms with Gasteiger partial charge >= 0.3 is 0 Å². The monoisotopic (exact) mass is 275 g/mol. The fraction of sp³-hybridized carbons (Fsp3) is 0.545. The van der Waals surface area contributed by atoms with Crippen LogP contribution in [0.3, 0.4) is 0 Å². The Morgan fingerprint density at radius 2 is 2.29 bits per heavy atom. The molecule has 1 unspecified atom stereocenters. The van der Waals surface area contributed by atoms with Crippen molar-refractivity contribution in [1.82, 2.24) is 4.98 Å². The number of hydrogen-bond acceptors (Lipinski definition) is 4. The fourth-order valence-corrected chi connectivity index (χ4v) is 3.62. The van der Waals surface area contributed by atoms with Crippen LogP contribution in [0.1, 0.15) is 17.8 Å². The van der Waals surface area contributed by atoms with Gasteiger partial charge in [-0.1, -0.05) is 0 Å². The van der Waals surface area contributed by atoms with Gasteiger partial charge in [0.05, 0.1) is 23.1 Å². The zero-order chi connectivity index (χ0) is 12.5. The molecule has 17 heavy (non-hydrogen) atoms. The molecule has 4 nitrogen and oxygen atoms in total. The Morgan fingerprint density at radius 1 is 1.53 bits per heavy atom. The molecule has 1 atom stereocenters. The van der Waals surface area contributed by atoms with Crippen LogP contribution in [0.2, 0.25) is 0 Å². The first-order chi connectivity index (χ1) is 8.00. The quantitative estimate of drug-likeness (QED) is 0.788. The Balaban J connectivity index is 2.14. The second kappa shape index (κ2) is 4.82. The molecule has 0 radical (unpaired) electrons. The van der Waals surface area contributed by atoms with Crippen LogP contribution < -0.4 is 4.74 Å². The van der Waals surface area contributed by atoms with E-state index in [0.717, 1.165) is 5.69 Å². The van der Waals surface area contributed by atoms with E-state index < -0.39 is 9.84 Å². The number of halogens is 1. The van der Waals surface area contributed by atoms with Gasteiger partial charge in [0.25, 0.3) is 0 Å². The number of aromatic nitrogens is 1. The number of sulfone groups is 1. The van der Waals surface area contributed by atoms with E-state index in [0.29, 0.717) is 17.9 Å². The maximum Gasteiger partial charge on any atom is 0.154 e. The third-order valence-corrected chi connectivity index (χ3v) is 4.67. The summed E-state index contributed by atoms with van der Waals surface area (Å²) in [5, 5.41) is 0. The lowest BCUT2D eigenvalue weighted by atomic mass is 10.3. The van der Waals surface area contributed by atoms with Crippen LogP contribution in [0.4, 0.5) is 0 Å². The number of ether oxygens (including phenoxy) is 1. The number of aryl methyl sites for hydroxylation is 1. The molecule has 1 fully saturated rings. The van der Waals surface area contributed by atoms with Crippen molar-refractivity contribution in [3.63, 3.8) is 0 Å². The van der Waals surface area contributed by atoms with Crippen LogP contribution in [0.15, 0.2) is 12.1 Å². The molecule has 0 N–H and O–H groups in total. The van der Waals surface area contributed by atoms with Crippen molar-refractivity contribution >= 4 is 21.4 Å². The SMILES string of the molecule is Cc1ccc(OC2CCS(=O)(=O)C2)c(CCl)n1. The van der Waals surface area contributed by atoms with Gasteiger partial charge in [0.1, 0.15) is 11.9 Å². The van der Waals surface area contributed by atoms with Gasteiger partial charge in [-0.3, -0.25) is 4.98 Å². The van der Waals surface area contributed by atoms with E-state index in [-0.39, 0.29) is 23.5 Å². The maximum atomic E-state index is 11.3. The molecule has 1 aliphatic heterocycles. The van der Waals surface area contributed by atoms with Crippen molar-refractivity contribution < 1.29 is 13.2 Å². The smallest absolute Gasteiger partial charge is 0.154 e. The van der Waals surface area contributed by atoms with Gasteiger partial charge in [-0.05, 0) is 25.5 Å². The molecule has 1 aliphatic rings. The van der Waals surface area contributed by atoms with Crippen molar-refractivity contribution in [2.45, 2.75) is 25.3 Å². The number of pyridine rings is 1. The van der Waals surface area contributed by atoms with Crippen LogP contribution >= 0.6 is 11.6 Å². The lowest BCUT2D eigenvalue weighted by Crippen LogP contribution is -2.18. The molecule has 0 bridgehead atoms. The van der Waals surface area contributed by atoms with Crippen LogP contribution in [-0.2, 0) is 15.7 Å². The van der Waals surface area contributed by atoms with Gasteiger partial charge in [-0.2, -0.15) is 0 Å². The summed E-state index contributed by atoms with van der Waals surface area (Å²) in [4.78, 5) is 4.26. The third-order valence-electron chi connectivity index (χ3n) is 2.68. The molecule has 0 aliphatic carbocycles. The molecular weight excluding hydrogens is 262 g/mol. The van der Waals surface area contributed by atoms with Crippen LogP contribution in [0.25, 0.3) is 0 Å². The first kappa shape index (κ1) is 12.6. The maximum absolute atomic E-state index is 11.3. The van der Waals surface area contributed by atoms with E-state index in [1.165, 1.54) is 0 Å². The van der Waals surface area contributed by atoms with E-state index in [1.807, 2.05) is 13.0 Å². The highest BCUT2D eigenvalue weighted by Crippen LogP contribution is 2.24. The van der Waals surface area contributed by atoms with Crippen molar-refractivity contribution in [3.05, 3.63) is 23.5 Å². The zero-order valence-corrected chi connectivity index (χ0v) is 11.1. The van der Waals surface area contributed by atoms with Gasteiger partial charge in [0.15, 0.2) is 9.84 Å². The highest BCUT2D eigenvalue weighted by molar-refractivity contribution is 7.91. The van der Waals surface area contributed by atoms with Crippen molar-refractivity contribution in [1.29, 1.82) is 0 Å². The molecule has 94 valence electrons. The predicted octanol–water partition coefficient (Wildman–Crippen LogP) is 1.69. The molecule has 0 aromatic carbocycles. The van der Waals surface area contributed by atoms with E-state index in [9.17, 15) is 8.42 Å². The van der Waals surface area contributed by atoms with Crippen molar-refractivity contribution in [2.24, 2.45) is 0 Å². The van der Waals surface area contributed by atoms with E-state index >= 15 is 0 Å². The van der Waals surface area contributed by atoms with Gasteiger partial charge < -0.3 is 4.74 Å². The number of rotatable bonds is 3. The molecule has 2 heterocycles. The summed E-state index contributed by atoms with van der Waals surface area (Å²) < 4.78 is 28.3. The summed E-state index contributed by atoms with van der Waals surface area (Å²) in [6.45, 7) is 1.87. The number of nitrogens with zero attached hydrogens (tertiary/aromatic N) is 1. The highest BCUT2D eigenvalue weighted by atomic mass is 35.5. The normalized spacial score (nSPS) is 22.6. The molecule has 0 saturated carbocycles. The minimum Gasteiger partial charge on any atom is -0.487 e. The van der Waals surface area contributed by atoms with Crippen LogP contribution in [0.5, 0.6) is 5.75 Å². The van der Waals surface area contributed by atoms with E-state index in [2.05, 4.69) is 4.98 Å². The van der Waals surface area contributed by atoms with Gasteiger partial charge in [-0.25, -0.2) is 8.42 Å². The summed E-state index contributed by atoms with van der Waals surface area (Å²) in [7, 11) is -2.92. The Kier molecular flexibility index (Phi) is 3.58. The second-order valence-electron chi connectivity index (χ2n) is 4.17. The Bertz CT molecular complexity index is 515. The molecule has 0 amide bonds. The molecule has 1 aromatic rings. The molecule has 1 aromatic heterocycles. The van der Waals surface area contributed by atoms with Crippen molar-refractivity contribution in [3.8, 4) is 5.75 Å². The summed E-state index contributed by atoms with van der Waals surface area (Å²) in [5.41, 5.74) is 1.53. The molecular formula is C11H14ClNO3S. The van der Waals surface area contributed by atoms with Gasteiger partial charge in [0, 0.05) is 5.69 Å². The Morgan fingerprint density at radius 3 is 2.88 bits per heavy atom. The number of alkyl halides is 1. The Labute approximate surface area is 106 Å². The van der Waals surface area contributed by atoms with Crippen molar-refractivity contribution in [2.75, 3.05) is 11.5 Å². The van der Waals surface area contributed by atoms with Gasteiger partial charge in [-0.15, -0.1) is 11.6 Å². The first-order valence-corrected chi connectivity index (χ1v) is 7.75. The predicted molar refractivity (Wildman–Crippen MR) is 66.2 cm³/mol. The molecule has 0 spiro atoms. The fourth-order valence-electron chi connectivity index (χ4n) is 1.83. The average Bonchev–Trinajstić information content (AvgIpc) is 2.61. The lowest BCUT2D eigenvalue weighted by Gasteiger charge is -2.14. The average molecular weight is 276 g/mol. The third kappa shape index (κ3) is 3.10. The second-order valence-corrected chi connectivity index (χ2v) is 6.67. The van der Waals surface area contributed by atoms with E-state index in [4.69, 9.17) is 16.3 Å². The zero-order valence-electron chi connectivity index (χ0n) is 9.52. The first-order valence-electron chi connectivity index (χ1n) is 5.40. The lowest BCUT2D eigenvalue weighted by molar-refractivity contribution is 0.226. The molecule has 1 saturated heterocycles. The highest BCUT2D eigenvalue weighted by Gasteiger charge is 2.29. The largest absolute Gasteiger partial charge is 0.487 e. The van der Waals surface area contributed by atoms with Crippen LogP contribution in [-0.4, -0.2) is 31.0 Å². The molecule has 2 rings (SSSR count). The van der Waals surface area contributed by atoms with Gasteiger partial charge in [0.2, 0.25) is 0 Å². The minimum atomic E-state index is -2.92. The summed E-state index contributed by atoms with van der Waals surface area (Å²) >= 11 is 5.78. The minimum absolute atomic E-state index is 0.0859. The summed E-state index contributed by atoms with van der Waals surface area (Å²) in [5.74, 6) is 1.14. The summed E-state index contributed by atoms with van der Waals surface area (Å²) in [6, 6.07) is 3.62. The standard InChI is InChI=1S/C11H14ClNO3S/c1-8-2-3-11(10(6-12)13-8)16-9-4-5-17(14,15)7-9/h2-3,9H,4-7H2,1H3. The van der Waals surface area contributed by atoms with E-state index in [1.54, 1.807) is 6.07 Å². The molecule has 6 heteroatoms. The topological polar surface area (TPSA) is 56.3 Å². The van der Waals surface area contributed by atoms with Crippen LogP contribution in [0, 0.1) is 6.92 Å². The summed E-state index contributed by atoms with van der Waals surface area (Å²) in [6.07, 6.45) is 0.268. The Hall–Kier alpha value is -0.810. The number of hydrogen-bond donors (Lipinski definition) is 0.